The van der Waals surface area contributed by atoms with E-state index in [1.807, 2.05) is 0 Å². The van der Waals surface area contributed by atoms with E-state index in [0.29, 0.717) is 23.6 Å². The fourth-order valence-electron chi connectivity index (χ4n) is 2.21. The Balaban J connectivity index is 2.88. The Hall–Kier alpha value is -2.43. The van der Waals surface area contributed by atoms with E-state index in [4.69, 9.17) is 0 Å². The summed E-state index contributed by atoms with van der Waals surface area (Å²) in [4.78, 5) is 34.3. The topological polar surface area (TPSA) is 76.4 Å². The van der Waals surface area contributed by atoms with Crippen LogP contribution in [0.4, 0.5) is 0 Å². The van der Waals surface area contributed by atoms with Gasteiger partial charge in [-0.15, -0.1) is 0 Å². The number of rotatable bonds is 4. The van der Waals surface area contributed by atoms with E-state index in [2.05, 4.69) is 0 Å². The first-order valence-corrected chi connectivity index (χ1v) is 5.92. The van der Waals surface area contributed by atoms with E-state index in [1.54, 1.807) is 31.2 Å². The van der Waals surface area contributed by atoms with Crippen molar-refractivity contribution in [1.82, 2.24) is 4.57 Å². The highest BCUT2D eigenvalue weighted by Crippen LogP contribution is 2.20. The Bertz CT molecular complexity index is 702. The molecular weight excluding hydrogens is 246 g/mol. The first kappa shape index (κ1) is 13.0. The minimum absolute atomic E-state index is 0.275. The Morgan fingerprint density at radius 3 is 2.68 bits per heavy atom. The molecule has 0 amide bonds. The third-order valence-corrected chi connectivity index (χ3v) is 3.10. The lowest BCUT2D eigenvalue weighted by atomic mass is 10.1. The molecule has 19 heavy (non-hydrogen) atoms. The van der Waals surface area contributed by atoms with Gasteiger partial charge < -0.3 is 5.11 Å². The second-order valence-corrected chi connectivity index (χ2v) is 4.21. The van der Waals surface area contributed by atoms with Gasteiger partial charge in [0, 0.05) is 17.0 Å². The molecule has 0 bridgehead atoms. The van der Waals surface area contributed by atoms with Gasteiger partial charge in [-0.25, -0.2) is 4.79 Å². The lowest BCUT2D eigenvalue weighted by Gasteiger charge is -2.17. The summed E-state index contributed by atoms with van der Waals surface area (Å²) >= 11 is 0. The van der Waals surface area contributed by atoms with Crippen molar-refractivity contribution in [1.29, 1.82) is 0 Å². The van der Waals surface area contributed by atoms with E-state index in [0.717, 1.165) is 0 Å². The minimum atomic E-state index is -1.06. The molecule has 5 nitrogen and oxygen atoms in total. The summed E-state index contributed by atoms with van der Waals surface area (Å²) in [6, 6.07) is 7.05. The van der Waals surface area contributed by atoms with Crippen LogP contribution in [0.5, 0.6) is 0 Å². The predicted octanol–water partition coefficient (Wildman–Crippen LogP) is 1.85. The minimum Gasteiger partial charge on any atom is -0.480 e. The van der Waals surface area contributed by atoms with Gasteiger partial charge >= 0.3 is 5.97 Å². The number of para-hydroxylation sites is 1. The van der Waals surface area contributed by atoms with E-state index in [1.165, 1.54) is 10.6 Å². The van der Waals surface area contributed by atoms with Gasteiger partial charge in [-0.05, 0) is 12.5 Å². The van der Waals surface area contributed by atoms with Crippen molar-refractivity contribution in [3.63, 3.8) is 0 Å². The maximum atomic E-state index is 12.1. The number of carbonyl (C=O) groups is 2. The molecule has 1 heterocycles. The van der Waals surface area contributed by atoms with E-state index < -0.39 is 17.6 Å². The highest BCUT2D eigenvalue weighted by Gasteiger charge is 2.21. The van der Waals surface area contributed by atoms with Gasteiger partial charge in [0.2, 0.25) is 0 Å². The number of hydrogen-bond donors (Lipinski definition) is 1. The number of aliphatic carboxylic acids is 1. The van der Waals surface area contributed by atoms with Crippen molar-refractivity contribution in [2.45, 2.75) is 19.4 Å². The number of aldehydes is 1. The summed E-state index contributed by atoms with van der Waals surface area (Å²) in [5.74, 6) is -1.06. The van der Waals surface area contributed by atoms with Crippen molar-refractivity contribution in [3.05, 3.63) is 46.2 Å². The maximum Gasteiger partial charge on any atom is 0.326 e. The second-order valence-electron chi connectivity index (χ2n) is 4.21. The first-order valence-electron chi connectivity index (χ1n) is 5.92. The molecule has 1 atom stereocenters. The molecule has 0 fully saturated rings. The highest BCUT2D eigenvalue weighted by molar-refractivity contribution is 5.96. The molecule has 0 aliphatic heterocycles. The standard InChI is InChI=1S/C14H13NO4/c1-2-11(14(18)19)15-12-6-4-3-5-10(12)9(8-16)7-13(15)17/h3-8,11H,2H2,1H3,(H,18,19). The molecule has 0 saturated heterocycles. The molecule has 0 radical (unpaired) electrons. The molecular formula is C14H13NO4. The summed E-state index contributed by atoms with van der Waals surface area (Å²) in [7, 11) is 0. The number of benzene rings is 1. The number of pyridine rings is 1. The summed E-state index contributed by atoms with van der Waals surface area (Å²) in [5, 5.41) is 9.79. The Morgan fingerprint density at radius 2 is 2.11 bits per heavy atom. The summed E-state index contributed by atoms with van der Waals surface area (Å²) < 4.78 is 1.23. The SMILES string of the molecule is CCC(C(=O)O)n1c(=O)cc(C=O)c2ccccc21. The van der Waals surface area contributed by atoms with Crippen molar-refractivity contribution >= 4 is 23.2 Å². The van der Waals surface area contributed by atoms with Crippen LogP contribution < -0.4 is 5.56 Å². The number of carboxylic acid groups (broad SMARTS) is 1. The summed E-state index contributed by atoms with van der Waals surface area (Å²) in [5.41, 5.74) is 0.262. The molecule has 0 aliphatic rings. The summed E-state index contributed by atoms with van der Waals surface area (Å²) in [6.07, 6.45) is 0.898. The average molecular weight is 259 g/mol. The smallest absolute Gasteiger partial charge is 0.326 e. The van der Waals surface area contributed by atoms with Crippen LogP contribution in [0.2, 0.25) is 0 Å². The van der Waals surface area contributed by atoms with Crippen molar-refractivity contribution in [3.8, 4) is 0 Å². The van der Waals surface area contributed by atoms with E-state index in [-0.39, 0.29) is 5.56 Å². The largest absolute Gasteiger partial charge is 0.480 e. The van der Waals surface area contributed by atoms with E-state index in [9.17, 15) is 19.5 Å². The lowest BCUT2D eigenvalue weighted by molar-refractivity contribution is -0.140. The van der Waals surface area contributed by atoms with Gasteiger partial charge in [0.05, 0.1) is 5.52 Å². The van der Waals surface area contributed by atoms with Crippen LogP contribution in [0.25, 0.3) is 10.9 Å². The lowest BCUT2D eigenvalue weighted by Crippen LogP contribution is -2.29. The number of aromatic nitrogens is 1. The third kappa shape index (κ3) is 2.14. The number of carboxylic acids is 1. The van der Waals surface area contributed by atoms with Gasteiger partial charge in [0.15, 0.2) is 6.29 Å². The van der Waals surface area contributed by atoms with Crippen LogP contribution in [-0.4, -0.2) is 21.9 Å². The zero-order chi connectivity index (χ0) is 14.0. The quantitative estimate of drug-likeness (QED) is 0.850. The fraction of sp³-hybridized carbons (Fsp3) is 0.214. The van der Waals surface area contributed by atoms with Crippen molar-refractivity contribution < 1.29 is 14.7 Å². The number of fused-ring (bicyclic) bond motifs is 1. The molecule has 1 N–H and O–H groups in total. The maximum absolute atomic E-state index is 12.1. The van der Waals surface area contributed by atoms with Crippen LogP contribution in [0, 0.1) is 0 Å². The normalized spacial score (nSPS) is 12.3. The Labute approximate surface area is 109 Å². The molecule has 0 saturated carbocycles. The van der Waals surface area contributed by atoms with Crippen molar-refractivity contribution in [2.24, 2.45) is 0 Å². The molecule has 0 aliphatic carbocycles. The van der Waals surface area contributed by atoms with Gasteiger partial charge in [-0.3, -0.25) is 14.2 Å². The molecule has 2 aromatic rings. The average Bonchev–Trinajstić information content (AvgIpc) is 2.41. The first-order chi connectivity index (χ1) is 9.10. The van der Waals surface area contributed by atoms with Gasteiger partial charge in [0.1, 0.15) is 6.04 Å². The molecule has 98 valence electrons. The zero-order valence-electron chi connectivity index (χ0n) is 10.4. The Morgan fingerprint density at radius 1 is 1.42 bits per heavy atom. The molecule has 0 spiro atoms. The molecule has 1 aromatic carbocycles. The zero-order valence-corrected chi connectivity index (χ0v) is 10.4. The number of hydrogen-bond acceptors (Lipinski definition) is 3. The monoisotopic (exact) mass is 259 g/mol. The molecule has 5 heteroatoms. The van der Waals surface area contributed by atoms with Crippen LogP contribution >= 0.6 is 0 Å². The number of nitrogens with zero attached hydrogens (tertiary/aromatic N) is 1. The molecule has 1 aromatic heterocycles. The van der Waals surface area contributed by atoms with Crippen LogP contribution in [0.1, 0.15) is 29.7 Å². The fourth-order valence-corrected chi connectivity index (χ4v) is 2.21. The Kier molecular flexibility index (Phi) is 3.46. The number of carbonyl (C=O) groups excluding carboxylic acids is 1. The highest BCUT2D eigenvalue weighted by atomic mass is 16.4. The van der Waals surface area contributed by atoms with Crippen LogP contribution in [0.15, 0.2) is 35.1 Å². The predicted molar refractivity (Wildman–Crippen MR) is 70.6 cm³/mol. The third-order valence-electron chi connectivity index (χ3n) is 3.10. The molecule has 1 unspecified atom stereocenters. The van der Waals surface area contributed by atoms with Gasteiger partial charge in [-0.1, -0.05) is 25.1 Å². The second kappa shape index (κ2) is 5.06. The molecule has 2 rings (SSSR count). The van der Waals surface area contributed by atoms with Crippen molar-refractivity contribution in [2.75, 3.05) is 0 Å². The van der Waals surface area contributed by atoms with Crippen LogP contribution in [-0.2, 0) is 4.79 Å². The van der Waals surface area contributed by atoms with Crippen LogP contribution in [0.3, 0.4) is 0 Å². The van der Waals surface area contributed by atoms with Gasteiger partial charge in [-0.2, -0.15) is 0 Å². The van der Waals surface area contributed by atoms with Gasteiger partial charge in [0.25, 0.3) is 5.56 Å². The van der Waals surface area contributed by atoms with E-state index >= 15 is 0 Å². The summed E-state index contributed by atoms with van der Waals surface area (Å²) in [6.45, 7) is 1.70.